The van der Waals surface area contributed by atoms with Crippen LogP contribution in [0.3, 0.4) is 0 Å². The third-order valence-electron chi connectivity index (χ3n) is 4.75. The molecule has 0 unspecified atom stereocenters. The maximum Gasteiger partial charge on any atom is 0.255 e. The van der Waals surface area contributed by atoms with Gasteiger partial charge in [0.1, 0.15) is 11.5 Å². The highest BCUT2D eigenvalue weighted by atomic mass is 32.2. The summed E-state index contributed by atoms with van der Waals surface area (Å²) in [6.07, 6.45) is 1.44. The van der Waals surface area contributed by atoms with E-state index in [4.69, 9.17) is 9.47 Å². The molecule has 0 fully saturated rings. The lowest BCUT2D eigenvalue weighted by atomic mass is 10.2. The van der Waals surface area contributed by atoms with Gasteiger partial charge in [0.2, 0.25) is 10.0 Å². The highest BCUT2D eigenvalue weighted by Gasteiger charge is 2.27. The fraction of sp³-hybridized carbons (Fsp3) is 0.167. The second kappa shape index (κ2) is 11.3. The molecule has 8 nitrogen and oxygen atoms in total. The second-order valence-corrected chi connectivity index (χ2v) is 8.91. The van der Waals surface area contributed by atoms with Gasteiger partial charge in [-0.1, -0.05) is 42.5 Å². The van der Waals surface area contributed by atoms with Crippen LogP contribution in [0.4, 0.5) is 0 Å². The molecule has 3 aromatic carbocycles. The second-order valence-electron chi connectivity index (χ2n) is 6.97. The van der Waals surface area contributed by atoms with Gasteiger partial charge in [-0.15, -0.1) is 0 Å². The summed E-state index contributed by atoms with van der Waals surface area (Å²) in [5, 5.41) is 3.95. The highest BCUT2D eigenvalue weighted by molar-refractivity contribution is 7.89. The predicted octanol–water partition coefficient (Wildman–Crippen LogP) is 3.05. The number of hydrogen-bond acceptors (Lipinski definition) is 6. The third kappa shape index (κ3) is 6.41. The maximum atomic E-state index is 13.3. The molecule has 0 atom stereocenters. The van der Waals surface area contributed by atoms with Gasteiger partial charge in [-0.2, -0.15) is 9.41 Å². The van der Waals surface area contributed by atoms with Gasteiger partial charge < -0.3 is 9.47 Å². The lowest BCUT2D eigenvalue weighted by molar-refractivity contribution is -0.121. The molecule has 0 aliphatic carbocycles. The number of hydrazone groups is 1. The molecule has 172 valence electrons. The number of nitrogens with zero attached hydrogens (tertiary/aromatic N) is 2. The van der Waals surface area contributed by atoms with E-state index in [0.29, 0.717) is 17.1 Å². The fourth-order valence-electron chi connectivity index (χ4n) is 3.05. The quantitative estimate of drug-likeness (QED) is 0.365. The smallest absolute Gasteiger partial charge is 0.255 e. The summed E-state index contributed by atoms with van der Waals surface area (Å²) in [4.78, 5) is 12.6. The van der Waals surface area contributed by atoms with Crippen LogP contribution >= 0.6 is 0 Å². The lowest BCUT2D eigenvalue weighted by Crippen LogP contribution is -2.39. The van der Waals surface area contributed by atoms with Crippen molar-refractivity contribution in [1.29, 1.82) is 0 Å². The zero-order valence-corrected chi connectivity index (χ0v) is 19.2. The van der Waals surface area contributed by atoms with Crippen molar-refractivity contribution in [3.8, 4) is 11.5 Å². The summed E-state index contributed by atoms with van der Waals surface area (Å²) in [6.45, 7) is -0.384. The third-order valence-corrected chi connectivity index (χ3v) is 6.56. The predicted molar refractivity (Wildman–Crippen MR) is 126 cm³/mol. The van der Waals surface area contributed by atoms with E-state index in [-0.39, 0.29) is 11.4 Å². The summed E-state index contributed by atoms with van der Waals surface area (Å²) in [5.41, 5.74) is 3.81. The first kappa shape index (κ1) is 24.0. The fourth-order valence-corrected chi connectivity index (χ4v) is 4.44. The number of amides is 1. The van der Waals surface area contributed by atoms with Crippen LogP contribution in [-0.2, 0) is 21.4 Å². The Balaban J connectivity index is 1.78. The molecule has 3 rings (SSSR count). The minimum Gasteiger partial charge on any atom is -0.497 e. The molecule has 0 heterocycles. The van der Waals surface area contributed by atoms with Crippen molar-refractivity contribution in [3.63, 3.8) is 0 Å². The van der Waals surface area contributed by atoms with Gasteiger partial charge in [0.25, 0.3) is 5.91 Å². The molecule has 0 radical (unpaired) electrons. The molecule has 3 aromatic rings. The molecule has 0 aliphatic rings. The van der Waals surface area contributed by atoms with Crippen LogP contribution in [-0.4, -0.2) is 45.6 Å². The van der Waals surface area contributed by atoms with Crippen molar-refractivity contribution in [2.24, 2.45) is 5.10 Å². The van der Waals surface area contributed by atoms with Crippen molar-refractivity contribution in [2.75, 3.05) is 20.8 Å². The zero-order valence-electron chi connectivity index (χ0n) is 18.3. The van der Waals surface area contributed by atoms with Gasteiger partial charge in [0, 0.05) is 12.1 Å². The van der Waals surface area contributed by atoms with Gasteiger partial charge in [-0.05, 0) is 42.0 Å². The summed E-state index contributed by atoms with van der Waals surface area (Å²) in [6, 6.07) is 22.3. The summed E-state index contributed by atoms with van der Waals surface area (Å²) in [5.74, 6) is 0.560. The summed E-state index contributed by atoms with van der Waals surface area (Å²) < 4.78 is 38.1. The first-order valence-electron chi connectivity index (χ1n) is 10.1. The number of sulfonamides is 1. The van der Waals surface area contributed by atoms with E-state index in [1.807, 2.05) is 30.3 Å². The summed E-state index contributed by atoms with van der Waals surface area (Å²) >= 11 is 0. The van der Waals surface area contributed by atoms with Crippen molar-refractivity contribution in [2.45, 2.75) is 11.4 Å². The van der Waals surface area contributed by atoms with Crippen LogP contribution in [0.15, 0.2) is 88.9 Å². The zero-order chi connectivity index (χ0) is 23.7. The van der Waals surface area contributed by atoms with E-state index in [1.165, 1.54) is 32.6 Å². The number of ether oxygens (including phenoxy) is 2. The first-order valence-corrected chi connectivity index (χ1v) is 11.5. The first-order chi connectivity index (χ1) is 15.9. The van der Waals surface area contributed by atoms with Crippen LogP contribution in [0.25, 0.3) is 0 Å². The Morgan fingerprint density at radius 1 is 0.939 bits per heavy atom. The number of benzene rings is 3. The molecule has 1 amide bonds. The number of para-hydroxylation sites is 1. The number of rotatable bonds is 10. The number of carbonyl (C=O) groups is 1. The van der Waals surface area contributed by atoms with Crippen molar-refractivity contribution in [1.82, 2.24) is 9.73 Å². The van der Waals surface area contributed by atoms with Gasteiger partial charge in [0.05, 0.1) is 31.9 Å². The highest BCUT2D eigenvalue weighted by Crippen LogP contribution is 2.21. The monoisotopic (exact) mass is 467 g/mol. The van der Waals surface area contributed by atoms with Crippen LogP contribution in [0.1, 0.15) is 11.1 Å². The molecule has 0 saturated heterocycles. The largest absolute Gasteiger partial charge is 0.497 e. The van der Waals surface area contributed by atoms with Crippen LogP contribution in [0, 0.1) is 0 Å². The topological polar surface area (TPSA) is 97.3 Å². The van der Waals surface area contributed by atoms with E-state index in [0.717, 1.165) is 9.87 Å². The molecular weight excluding hydrogens is 442 g/mol. The van der Waals surface area contributed by atoms with E-state index >= 15 is 0 Å². The molecule has 9 heteroatoms. The van der Waals surface area contributed by atoms with Crippen LogP contribution in [0.2, 0.25) is 0 Å². The van der Waals surface area contributed by atoms with Crippen molar-refractivity contribution >= 4 is 22.1 Å². The molecule has 0 spiro atoms. The lowest BCUT2D eigenvalue weighted by Gasteiger charge is -2.21. The molecule has 0 bridgehead atoms. The Morgan fingerprint density at radius 3 is 2.27 bits per heavy atom. The number of methoxy groups -OCH3 is 2. The Kier molecular flexibility index (Phi) is 8.17. The Labute approximate surface area is 193 Å². The minimum absolute atomic E-state index is 0.0266. The van der Waals surface area contributed by atoms with Crippen LogP contribution < -0.4 is 14.9 Å². The molecule has 0 aliphatic heterocycles. The Hall–Kier alpha value is -3.69. The maximum absolute atomic E-state index is 13.3. The van der Waals surface area contributed by atoms with E-state index in [1.54, 1.807) is 36.4 Å². The number of hydrogen-bond donors (Lipinski definition) is 1. The average Bonchev–Trinajstić information content (AvgIpc) is 2.84. The minimum atomic E-state index is -3.96. The van der Waals surface area contributed by atoms with E-state index < -0.39 is 22.5 Å². The molecule has 1 N–H and O–H groups in total. The van der Waals surface area contributed by atoms with Crippen molar-refractivity contribution in [3.05, 3.63) is 90.0 Å². The van der Waals surface area contributed by atoms with E-state index in [9.17, 15) is 13.2 Å². The van der Waals surface area contributed by atoms with Crippen LogP contribution in [0.5, 0.6) is 11.5 Å². The normalized spacial score (nSPS) is 11.5. The van der Waals surface area contributed by atoms with Gasteiger partial charge in [-0.25, -0.2) is 13.8 Å². The Bertz CT molecular complexity index is 1200. The van der Waals surface area contributed by atoms with E-state index in [2.05, 4.69) is 10.5 Å². The van der Waals surface area contributed by atoms with Gasteiger partial charge in [-0.3, -0.25) is 4.79 Å². The summed E-state index contributed by atoms with van der Waals surface area (Å²) in [7, 11) is -0.923. The van der Waals surface area contributed by atoms with Crippen molar-refractivity contribution < 1.29 is 22.7 Å². The molecule has 0 saturated carbocycles. The SMILES string of the molecule is COc1ccc(S(=O)(=O)N(CC(=O)N/N=C/c2ccccc2OC)Cc2ccccc2)cc1. The number of nitrogens with one attached hydrogen (secondary N) is 1. The molecular formula is C24H25N3O5S. The molecule has 33 heavy (non-hydrogen) atoms. The Morgan fingerprint density at radius 2 is 1.61 bits per heavy atom. The van der Waals surface area contributed by atoms with Gasteiger partial charge >= 0.3 is 0 Å². The molecule has 0 aromatic heterocycles. The average molecular weight is 468 g/mol. The number of carbonyl (C=O) groups excluding carboxylic acids is 1. The van der Waals surface area contributed by atoms with Gasteiger partial charge in [0.15, 0.2) is 0 Å². The standard InChI is InChI=1S/C24H25N3O5S/c1-31-21-12-14-22(15-13-21)33(29,30)27(17-19-8-4-3-5-9-19)18-24(28)26-25-16-20-10-6-7-11-23(20)32-2/h3-16H,17-18H2,1-2H3,(H,26,28)/b25-16+.